The molecule has 3 heterocycles. The first-order valence-electron chi connectivity index (χ1n) is 11.8. The second-order valence-corrected chi connectivity index (χ2v) is 8.11. The van der Waals surface area contributed by atoms with Crippen LogP contribution in [0.25, 0.3) is 22.2 Å². The highest BCUT2D eigenvalue weighted by atomic mass is 19.1. The zero-order chi connectivity index (χ0) is 25.8. The molecule has 0 aliphatic carbocycles. The summed E-state index contributed by atoms with van der Waals surface area (Å²) in [5, 5.41) is 40.3. The van der Waals surface area contributed by atoms with Crippen LogP contribution in [0.2, 0.25) is 0 Å². The molecule has 0 radical (unpaired) electrons. The van der Waals surface area contributed by atoms with Crippen molar-refractivity contribution in [1.82, 2.24) is 20.2 Å². The number of morpholine rings is 1. The van der Waals surface area contributed by atoms with Crippen molar-refractivity contribution in [3.8, 4) is 28.5 Å². The van der Waals surface area contributed by atoms with Gasteiger partial charge < -0.3 is 25.0 Å². The molecule has 0 amide bonds. The Morgan fingerprint density at radius 2 is 1.72 bits per heavy atom. The van der Waals surface area contributed by atoms with Crippen LogP contribution >= 0.6 is 0 Å². The van der Waals surface area contributed by atoms with Crippen LogP contribution < -0.4 is 4.90 Å². The Morgan fingerprint density at radius 1 is 0.972 bits per heavy atom. The zero-order valence-corrected chi connectivity index (χ0v) is 20.4. The molecular weight excluding hydrogens is 465 g/mol. The molecule has 0 bridgehead atoms. The maximum Gasteiger partial charge on any atom is 0.182 e. The molecule has 2 aromatic carbocycles. The molecule has 1 saturated heterocycles. The molecule has 1 aliphatic heterocycles. The number of phenolic OH excluding ortho intramolecular Hbond substituents is 3. The van der Waals surface area contributed by atoms with Crippen molar-refractivity contribution in [2.75, 3.05) is 31.2 Å². The van der Waals surface area contributed by atoms with Crippen LogP contribution in [0.1, 0.15) is 30.8 Å². The van der Waals surface area contributed by atoms with E-state index in [9.17, 15) is 15.3 Å². The molecule has 3 N–H and O–H groups in total. The third-order valence-electron chi connectivity index (χ3n) is 5.85. The zero-order valence-electron chi connectivity index (χ0n) is 20.4. The van der Waals surface area contributed by atoms with E-state index in [0.717, 1.165) is 11.8 Å². The fourth-order valence-corrected chi connectivity index (χ4v) is 4.08. The number of aromatic hydroxyl groups is 3. The van der Waals surface area contributed by atoms with Crippen LogP contribution in [0.4, 0.5) is 10.1 Å². The third-order valence-corrected chi connectivity index (χ3v) is 5.85. The van der Waals surface area contributed by atoms with Crippen LogP contribution in [0.5, 0.6) is 17.2 Å². The summed E-state index contributed by atoms with van der Waals surface area (Å²) < 4.78 is 20.4. The van der Waals surface area contributed by atoms with Gasteiger partial charge in [0.2, 0.25) is 0 Å². The Balaban J connectivity index is 0.00000148. The maximum absolute atomic E-state index is 15.0. The van der Waals surface area contributed by atoms with E-state index in [1.54, 1.807) is 18.2 Å². The lowest BCUT2D eigenvalue weighted by Crippen LogP contribution is -2.36. The van der Waals surface area contributed by atoms with E-state index in [-0.39, 0.29) is 34.6 Å². The quantitative estimate of drug-likeness (QED) is 0.360. The first kappa shape index (κ1) is 25.1. The molecule has 0 saturated carbocycles. The molecule has 2 aromatic heterocycles. The predicted octanol–water partition coefficient (Wildman–Crippen LogP) is 4.10. The number of anilines is 1. The first-order valence-corrected chi connectivity index (χ1v) is 11.8. The molecule has 10 heteroatoms. The largest absolute Gasteiger partial charge is 0.508 e. The number of rotatable bonds is 4. The first-order chi connectivity index (χ1) is 17.4. The van der Waals surface area contributed by atoms with Crippen molar-refractivity contribution in [2.45, 2.75) is 27.2 Å². The van der Waals surface area contributed by atoms with Crippen molar-refractivity contribution in [3.05, 3.63) is 59.4 Å². The SMILES string of the molecule is CC.Cc1ccc(Cc2cc(-c3ncnc4cc(N5CCOCC5)c(O)c(O)c34)c(F)cc2O)nn1. The molecule has 36 heavy (non-hydrogen) atoms. The number of halogens is 1. The summed E-state index contributed by atoms with van der Waals surface area (Å²) in [6.45, 7) is 7.92. The van der Waals surface area contributed by atoms with Gasteiger partial charge in [0.25, 0.3) is 0 Å². The number of phenols is 3. The van der Waals surface area contributed by atoms with Gasteiger partial charge in [-0.2, -0.15) is 10.2 Å². The molecular formula is C26H28FN5O4. The predicted molar refractivity (Wildman–Crippen MR) is 134 cm³/mol. The van der Waals surface area contributed by atoms with Gasteiger partial charge in [-0.25, -0.2) is 14.4 Å². The maximum atomic E-state index is 15.0. The minimum Gasteiger partial charge on any atom is -0.508 e. The van der Waals surface area contributed by atoms with Gasteiger partial charge in [0.05, 0.1) is 46.9 Å². The third kappa shape index (κ3) is 4.85. The van der Waals surface area contributed by atoms with Gasteiger partial charge in [-0.05, 0) is 31.2 Å². The monoisotopic (exact) mass is 493 g/mol. The van der Waals surface area contributed by atoms with Crippen molar-refractivity contribution >= 4 is 16.6 Å². The van der Waals surface area contributed by atoms with E-state index in [2.05, 4.69) is 20.2 Å². The summed E-state index contributed by atoms with van der Waals surface area (Å²) in [4.78, 5) is 10.3. The van der Waals surface area contributed by atoms with Crippen LogP contribution in [-0.4, -0.2) is 61.8 Å². The summed E-state index contributed by atoms with van der Waals surface area (Å²) in [5.41, 5.74) is 2.68. The molecule has 0 unspecified atom stereocenters. The van der Waals surface area contributed by atoms with Crippen LogP contribution in [0.3, 0.4) is 0 Å². The van der Waals surface area contributed by atoms with Crippen molar-refractivity contribution < 1.29 is 24.4 Å². The number of nitrogens with zero attached hydrogens (tertiary/aromatic N) is 5. The number of ether oxygens (including phenoxy) is 1. The van der Waals surface area contributed by atoms with Crippen molar-refractivity contribution in [3.63, 3.8) is 0 Å². The van der Waals surface area contributed by atoms with E-state index < -0.39 is 11.6 Å². The average molecular weight is 494 g/mol. The summed E-state index contributed by atoms with van der Waals surface area (Å²) >= 11 is 0. The van der Waals surface area contributed by atoms with Crippen LogP contribution in [0, 0.1) is 12.7 Å². The van der Waals surface area contributed by atoms with Gasteiger partial charge in [0.1, 0.15) is 17.9 Å². The molecule has 1 aliphatic rings. The Morgan fingerprint density at radius 3 is 2.42 bits per heavy atom. The number of fused-ring (bicyclic) bond motifs is 1. The Labute approximate surface area is 207 Å². The van der Waals surface area contributed by atoms with Crippen molar-refractivity contribution in [1.29, 1.82) is 0 Å². The van der Waals surface area contributed by atoms with E-state index in [0.29, 0.717) is 48.8 Å². The molecule has 5 rings (SSSR count). The van der Waals surface area contributed by atoms with Gasteiger partial charge >= 0.3 is 0 Å². The lowest BCUT2D eigenvalue weighted by Gasteiger charge is -2.29. The second-order valence-electron chi connectivity index (χ2n) is 8.11. The van der Waals surface area contributed by atoms with E-state index in [1.807, 2.05) is 25.7 Å². The van der Waals surface area contributed by atoms with E-state index in [4.69, 9.17) is 4.74 Å². The Kier molecular flexibility index (Phi) is 7.44. The molecule has 9 nitrogen and oxygen atoms in total. The number of hydrogen-bond donors (Lipinski definition) is 3. The summed E-state index contributed by atoms with van der Waals surface area (Å²) in [5.74, 6) is -1.73. The Bertz CT molecular complexity index is 1380. The second kappa shape index (κ2) is 10.7. The summed E-state index contributed by atoms with van der Waals surface area (Å²) in [7, 11) is 0. The highest BCUT2D eigenvalue weighted by Crippen LogP contribution is 2.45. The standard InChI is InChI=1S/C24H22FN5O4.C2H6/c1-13-2-3-15(29-28-13)8-14-9-16(17(25)10-20(14)31)22-21-18(26-12-27-22)11-19(23(32)24(21)33)30-4-6-34-7-5-30;1-2/h2-3,9-12,31-33H,4-8H2,1H3;1-2H3. The van der Waals surface area contributed by atoms with Gasteiger partial charge in [-0.3, -0.25) is 0 Å². The van der Waals surface area contributed by atoms with E-state index >= 15 is 4.39 Å². The smallest absolute Gasteiger partial charge is 0.182 e. The molecule has 188 valence electrons. The summed E-state index contributed by atoms with van der Waals surface area (Å²) in [6.07, 6.45) is 1.49. The van der Waals surface area contributed by atoms with Crippen LogP contribution in [-0.2, 0) is 11.2 Å². The van der Waals surface area contributed by atoms with E-state index in [1.165, 1.54) is 12.4 Å². The lowest BCUT2D eigenvalue weighted by molar-refractivity contribution is 0.122. The van der Waals surface area contributed by atoms with Gasteiger partial charge in [-0.1, -0.05) is 13.8 Å². The lowest BCUT2D eigenvalue weighted by atomic mass is 9.99. The molecule has 0 atom stereocenters. The molecule has 1 fully saturated rings. The fourth-order valence-electron chi connectivity index (χ4n) is 4.08. The summed E-state index contributed by atoms with van der Waals surface area (Å²) in [6, 6.07) is 7.68. The van der Waals surface area contributed by atoms with Gasteiger partial charge in [0.15, 0.2) is 11.5 Å². The molecule has 4 aromatic rings. The fraction of sp³-hybridized carbons (Fsp3) is 0.308. The average Bonchev–Trinajstić information content (AvgIpc) is 2.90. The molecule has 0 spiro atoms. The topological polar surface area (TPSA) is 125 Å². The number of aromatic nitrogens is 4. The van der Waals surface area contributed by atoms with Gasteiger partial charge in [0, 0.05) is 36.7 Å². The minimum atomic E-state index is -0.729. The number of aryl methyl sites for hydroxylation is 1. The Hall–Kier alpha value is -4.05. The number of benzene rings is 2. The number of hydrogen-bond acceptors (Lipinski definition) is 9. The van der Waals surface area contributed by atoms with Crippen molar-refractivity contribution in [2.24, 2.45) is 0 Å². The van der Waals surface area contributed by atoms with Gasteiger partial charge in [-0.15, -0.1) is 0 Å². The highest BCUT2D eigenvalue weighted by molar-refractivity contribution is 6.01. The minimum absolute atomic E-state index is 0.0501. The highest BCUT2D eigenvalue weighted by Gasteiger charge is 2.24. The normalized spacial score (nSPS) is 13.4. The van der Waals surface area contributed by atoms with Crippen LogP contribution in [0.15, 0.2) is 36.7 Å².